The van der Waals surface area contributed by atoms with E-state index in [9.17, 15) is 4.79 Å². The number of ketones is 1. The van der Waals surface area contributed by atoms with Crippen LogP contribution < -0.4 is 0 Å². The molecule has 0 saturated carbocycles. The van der Waals surface area contributed by atoms with Crippen molar-refractivity contribution < 1.29 is 15.2 Å². The van der Waals surface area contributed by atoms with Crippen LogP contribution in [-0.4, -0.2) is 52.7 Å². The van der Waals surface area contributed by atoms with E-state index in [1.165, 1.54) is 0 Å². The Bertz CT molecular complexity index is 240. The second kappa shape index (κ2) is 4.78. The average molecular weight is 208 g/mol. The molecular formula is C6H10ClN3O3. The minimum atomic E-state index is -0.502. The lowest BCUT2D eigenvalue weighted by atomic mass is 10.1. The fourth-order valence-electron chi connectivity index (χ4n) is 1.03. The first-order valence-electron chi connectivity index (χ1n) is 3.34. The van der Waals surface area contributed by atoms with Crippen LogP contribution in [0.1, 0.15) is 0 Å². The Kier molecular flexibility index (Phi) is 4.36. The number of halogens is 1. The van der Waals surface area contributed by atoms with Gasteiger partial charge in [0.15, 0.2) is 0 Å². The predicted octanol–water partition coefficient (Wildman–Crippen LogP) is -0.417. The maximum absolute atomic E-state index is 11.1. The molecule has 1 rings (SSSR count). The Morgan fingerprint density at radius 3 is 1.92 bits per heavy atom. The monoisotopic (exact) mass is 207 g/mol. The van der Waals surface area contributed by atoms with E-state index in [4.69, 9.17) is 10.4 Å². The van der Waals surface area contributed by atoms with Crippen molar-refractivity contribution in [2.75, 3.05) is 20.1 Å². The molecule has 0 radical (unpaired) electrons. The van der Waals surface area contributed by atoms with Crippen LogP contribution in [0.3, 0.4) is 0 Å². The smallest absolute Gasteiger partial charge is 0.230 e. The lowest BCUT2D eigenvalue weighted by Gasteiger charge is -2.21. The summed E-state index contributed by atoms with van der Waals surface area (Å²) >= 11 is 0. The number of piperidine rings is 1. The molecule has 0 atom stereocenters. The lowest BCUT2D eigenvalue weighted by molar-refractivity contribution is -0.108. The highest BCUT2D eigenvalue weighted by molar-refractivity contribution is 6.68. The number of carbonyl (C=O) groups is 1. The molecule has 0 aromatic heterocycles. The van der Waals surface area contributed by atoms with Gasteiger partial charge >= 0.3 is 0 Å². The number of oxime groups is 2. The van der Waals surface area contributed by atoms with Crippen molar-refractivity contribution in [1.29, 1.82) is 0 Å². The largest absolute Gasteiger partial charge is 0.410 e. The van der Waals surface area contributed by atoms with Gasteiger partial charge in [-0.05, 0) is 7.05 Å². The molecule has 6 nitrogen and oxygen atoms in total. The maximum Gasteiger partial charge on any atom is 0.230 e. The molecule has 1 heterocycles. The summed E-state index contributed by atoms with van der Waals surface area (Å²) in [5.74, 6) is -0.502. The van der Waals surface area contributed by atoms with Gasteiger partial charge in [-0.15, -0.1) is 12.4 Å². The molecule has 0 aromatic carbocycles. The number of carbonyl (C=O) groups excluding carboxylic acids is 1. The van der Waals surface area contributed by atoms with Gasteiger partial charge in [0.2, 0.25) is 5.78 Å². The molecule has 2 N–H and O–H groups in total. The Morgan fingerprint density at radius 2 is 1.62 bits per heavy atom. The first-order chi connectivity index (χ1) is 5.69. The number of likely N-dealkylation sites (tertiary alicyclic amines) is 1. The van der Waals surface area contributed by atoms with E-state index in [1.54, 1.807) is 11.9 Å². The standard InChI is InChI=1S/C6H9N3O3.ClH/c1-9-2-4(7-11)6(10)5(3-9)8-12;/h11-12H,2-3H2,1H3;1H/b7-4-,8-5+;. The molecule has 13 heavy (non-hydrogen) atoms. The van der Waals surface area contributed by atoms with Gasteiger partial charge in [0.1, 0.15) is 11.4 Å². The van der Waals surface area contributed by atoms with Gasteiger partial charge in [0.25, 0.3) is 0 Å². The second-order valence-corrected chi connectivity index (χ2v) is 2.59. The summed E-state index contributed by atoms with van der Waals surface area (Å²) in [4.78, 5) is 12.8. The summed E-state index contributed by atoms with van der Waals surface area (Å²) in [6, 6.07) is 0. The van der Waals surface area contributed by atoms with Crippen molar-refractivity contribution in [2.45, 2.75) is 0 Å². The number of Topliss-reactive ketones (excluding diaryl/α,β-unsaturated/α-hetero) is 1. The molecule has 1 saturated heterocycles. The Morgan fingerprint density at radius 1 is 1.23 bits per heavy atom. The van der Waals surface area contributed by atoms with Crippen molar-refractivity contribution in [3.63, 3.8) is 0 Å². The summed E-state index contributed by atoms with van der Waals surface area (Å²) in [5.41, 5.74) is -0.00639. The van der Waals surface area contributed by atoms with E-state index in [0.29, 0.717) is 0 Å². The van der Waals surface area contributed by atoms with Crippen LogP contribution in [0.5, 0.6) is 0 Å². The Labute approximate surface area is 80.9 Å². The van der Waals surface area contributed by atoms with Gasteiger partial charge < -0.3 is 10.4 Å². The number of hydrogen-bond acceptors (Lipinski definition) is 6. The fraction of sp³-hybridized carbons (Fsp3) is 0.500. The van der Waals surface area contributed by atoms with Crippen LogP contribution >= 0.6 is 12.4 Å². The first-order valence-corrected chi connectivity index (χ1v) is 3.34. The quantitative estimate of drug-likeness (QED) is 0.418. The van der Waals surface area contributed by atoms with Crippen LogP contribution in [-0.2, 0) is 4.79 Å². The van der Waals surface area contributed by atoms with E-state index < -0.39 is 5.78 Å². The van der Waals surface area contributed by atoms with Gasteiger partial charge in [0, 0.05) is 13.1 Å². The molecule has 0 aromatic rings. The zero-order valence-electron chi connectivity index (χ0n) is 6.97. The van der Waals surface area contributed by atoms with E-state index >= 15 is 0 Å². The predicted molar refractivity (Wildman–Crippen MR) is 48.2 cm³/mol. The third-order valence-electron chi connectivity index (χ3n) is 1.60. The maximum atomic E-state index is 11.1. The molecule has 74 valence electrons. The van der Waals surface area contributed by atoms with Crippen molar-refractivity contribution >= 4 is 29.6 Å². The van der Waals surface area contributed by atoms with Crippen LogP contribution in [0.15, 0.2) is 10.3 Å². The topological polar surface area (TPSA) is 85.5 Å². The van der Waals surface area contributed by atoms with Gasteiger partial charge in [0.05, 0.1) is 0 Å². The van der Waals surface area contributed by atoms with E-state index in [1.807, 2.05) is 0 Å². The van der Waals surface area contributed by atoms with E-state index in [0.717, 1.165) is 0 Å². The van der Waals surface area contributed by atoms with Crippen LogP contribution in [0, 0.1) is 0 Å². The summed E-state index contributed by atoms with van der Waals surface area (Å²) < 4.78 is 0. The number of rotatable bonds is 0. The zero-order chi connectivity index (χ0) is 9.14. The molecule has 0 aliphatic carbocycles. The Balaban J connectivity index is 0.00000144. The SMILES string of the molecule is CN1C/C(=N/O)C(=O)/C(=N/O)C1.Cl. The normalized spacial score (nSPS) is 24.8. The molecule has 7 heteroatoms. The Hall–Kier alpha value is -1.14. The molecule has 1 fully saturated rings. The van der Waals surface area contributed by atoms with Gasteiger partial charge in [-0.1, -0.05) is 10.3 Å². The second-order valence-electron chi connectivity index (χ2n) is 2.59. The summed E-state index contributed by atoms with van der Waals surface area (Å²) in [5, 5.41) is 22.4. The van der Waals surface area contributed by atoms with Crippen molar-refractivity contribution in [1.82, 2.24) is 4.90 Å². The molecule has 1 aliphatic rings. The van der Waals surface area contributed by atoms with Crippen molar-refractivity contribution in [3.8, 4) is 0 Å². The third-order valence-corrected chi connectivity index (χ3v) is 1.60. The summed E-state index contributed by atoms with van der Waals surface area (Å²) in [6.07, 6.45) is 0. The van der Waals surface area contributed by atoms with Gasteiger partial charge in [-0.2, -0.15) is 0 Å². The summed E-state index contributed by atoms with van der Waals surface area (Å²) in [6.45, 7) is 0.544. The molecule has 0 bridgehead atoms. The molecule has 0 spiro atoms. The molecule has 1 aliphatic heterocycles. The van der Waals surface area contributed by atoms with Gasteiger partial charge in [-0.25, -0.2) is 0 Å². The van der Waals surface area contributed by atoms with E-state index in [2.05, 4.69) is 10.3 Å². The highest BCUT2D eigenvalue weighted by Crippen LogP contribution is 1.99. The zero-order valence-corrected chi connectivity index (χ0v) is 7.78. The van der Waals surface area contributed by atoms with Gasteiger partial charge in [-0.3, -0.25) is 9.69 Å². The average Bonchev–Trinajstić information content (AvgIpc) is 2.08. The molecule has 0 unspecified atom stereocenters. The van der Waals surface area contributed by atoms with Crippen molar-refractivity contribution in [3.05, 3.63) is 0 Å². The van der Waals surface area contributed by atoms with Crippen LogP contribution in [0.2, 0.25) is 0 Å². The number of nitrogens with zero attached hydrogens (tertiary/aromatic N) is 3. The molecule has 0 amide bonds. The van der Waals surface area contributed by atoms with E-state index in [-0.39, 0.29) is 36.9 Å². The third kappa shape index (κ3) is 2.40. The van der Waals surface area contributed by atoms with Crippen molar-refractivity contribution in [2.24, 2.45) is 10.3 Å². The highest BCUT2D eigenvalue weighted by Gasteiger charge is 2.27. The minimum absolute atomic E-state index is 0. The fourth-order valence-corrected chi connectivity index (χ4v) is 1.03. The summed E-state index contributed by atoms with van der Waals surface area (Å²) in [7, 11) is 1.72. The molecular weight excluding hydrogens is 198 g/mol. The number of hydrogen-bond donors (Lipinski definition) is 2. The van der Waals surface area contributed by atoms with Crippen LogP contribution in [0.4, 0.5) is 0 Å². The first kappa shape index (κ1) is 11.9. The minimum Gasteiger partial charge on any atom is -0.410 e. The lowest BCUT2D eigenvalue weighted by Crippen LogP contribution is -2.46. The highest BCUT2D eigenvalue weighted by atomic mass is 35.5. The van der Waals surface area contributed by atoms with Crippen LogP contribution in [0.25, 0.3) is 0 Å².